The zero-order valence-electron chi connectivity index (χ0n) is 14.9. The number of aromatic amines is 1. The molecule has 1 amide bonds. The molecule has 1 unspecified atom stereocenters. The highest BCUT2D eigenvalue weighted by atomic mass is 19.4. The van der Waals surface area contributed by atoms with Crippen molar-refractivity contribution in [3.63, 3.8) is 0 Å². The number of hydrogen-bond acceptors (Lipinski definition) is 5. The molecule has 1 aliphatic rings. The second-order valence-corrected chi connectivity index (χ2v) is 6.70. The summed E-state index contributed by atoms with van der Waals surface area (Å²) in [7, 11) is 0. The van der Waals surface area contributed by atoms with E-state index in [1.54, 1.807) is 0 Å². The van der Waals surface area contributed by atoms with Gasteiger partial charge in [0.05, 0.1) is 17.3 Å². The summed E-state index contributed by atoms with van der Waals surface area (Å²) in [6, 6.07) is 2.21. The molecule has 0 spiro atoms. The highest BCUT2D eigenvalue weighted by Gasteiger charge is 2.33. The van der Waals surface area contributed by atoms with Crippen molar-refractivity contribution in [1.29, 1.82) is 0 Å². The molecule has 11 heteroatoms. The molecule has 4 heterocycles. The maximum atomic E-state index is 13.9. The number of likely N-dealkylation sites (tertiary alicyclic amines) is 1. The van der Waals surface area contributed by atoms with Crippen molar-refractivity contribution in [3.8, 4) is 11.6 Å². The Hall–Kier alpha value is -3.24. The molecule has 1 atom stereocenters. The SMILES string of the molecule is O=C(c1ccncc1F)N1CCCC(c2noc(-c3cc(C(F)(F)F)c[nH]3)n2)C1. The number of pyridine rings is 1. The fourth-order valence-corrected chi connectivity index (χ4v) is 3.28. The Morgan fingerprint density at radius 2 is 2.17 bits per heavy atom. The molecule has 4 rings (SSSR count). The van der Waals surface area contributed by atoms with Crippen LogP contribution in [0.5, 0.6) is 0 Å². The van der Waals surface area contributed by atoms with Crippen molar-refractivity contribution in [2.24, 2.45) is 0 Å². The lowest BCUT2D eigenvalue weighted by Crippen LogP contribution is -2.39. The van der Waals surface area contributed by atoms with E-state index in [0.717, 1.165) is 18.5 Å². The minimum absolute atomic E-state index is 0.0543. The maximum absolute atomic E-state index is 13.9. The molecule has 29 heavy (non-hydrogen) atoms. The van der Waals surface area contributed by atoms with Crippen LogP contribution in [0.25, 0.3) is 11.6 Å². The lowest BCUT2D eigenvalue weighted by Gasteiger charge is -2.31. The third kappa shape index (κ3) is 3.84. The van der Waals surface area contributed by atoms with E-state index < -0.39 is 23.5 Å². The van der Waals surface area contributed by atoms with Crippen molar-refractivity contribution in [1.82, 2.24) is 25.0 Å². The first-order valence-corrected chi connectivity index (χ1v) is 8.81. The number of nitrogens with zero attached hydrogens (tertiary/aromatic N) is 4. The number of hydrogen-bond donors (Lipinski definition) is 1. The van der Waals surface area contributed by atoms with Gasteiger partial charge in [0.15, 0.2) is 11.6 Å². The van der Waals surface area contributed by atoms with Crippen LogP contribution in [-0.2, 0) is 6.18 Å². The standard InChI is InChI=1S/C18H15F4N5O2/c19-13-8-23-4-3-12(13)17(28)27-5-1-2-10(9-27)15-25-16(29-26-15)14-6-11(7-24-14)18(20,21)22/h3-4,6-8,10,24H,1-2,5,9H2. The molecular weight excluding hydrogens is 394 g/mol. The number of aromatic nitrogens is 4. The van der Waals surface area contributed by atoms with Gasteiger partial charge in [-0.15, -0.1) is 0 Å². The van der Waals surface area contributed by atoms with Gasteiger partial charge < -0.3 is 14.4 Å². The van der Waals surface area contributed by atoms with Crippen LogP contribution in [0, 0.1) is 5.82 Å². The fraction of sp³-hybridized carbons (Fsp3) is 0.333. The summed E-state index contributed by atoms with van der Waals surface area (Å²) in [6.45, 7) is 0.700. The summed E-state index contributed by atoms with van der Waals surface area (Å²) in [4.78, 5) is 24.4. The largest absolute Gasteiger partial charge is 0.417 e. The zero-order chi connectivity index (χ0) is 20.6. The van der Waals surface area contributed by atoms with E-state index in [2.05, 4.69) is 20.1 Å². The van der Waals surface area contributed by atoms with Crippen molar-refractivity contribution < 1.29 is 26.9 Å². The van der Waals surface area contributed by atoms with Crippen molar-refractivity contribution in [2.75, 3.05) is 13.1 Å². The summed E-state index contributed by atoms with van der Waals surface area (Å²) in [5.41, 5.74) is -0.861. The third-order valence-electron chi connectivity index (χ3n) is 4.76. The van der Waals surface area contributed by atoms with E-state index in [-0.39, 0.29) is 35.4 Å². The molecule has 7 nitrogen and oxygen atoms in total. The molecule has 0 aliphatic carbocycles. The predicted molar refractivity (Wildman–Crippen MR) is 91.2 cm³/mol. The Bertz CT molecular complexity index is 1030. The molecule has 0 radical (unpaired) electrons. The smallest absolute Gasteiger partial charge is 0.357 e. The first kappa shape index (κ1) is 19.1. The van der Waals surface area contributed by atoms with Crippen molar-refractivity contribution >= 4 is 5.91 Å². The predicted octanol–water partition coefficient (Wildman–Crippen LogP) is 3.64. The number of amides is 1. The van der Waals surface area contributed by atoms with Crippen LogP contribution in [0.4, 0.5) is 17.6 Å². The van der Waals surface area contributed by atoms with Crippen LogP contribution >= 0.6 is 0 Å². The number of piperidine rings is 1. The van der Waals surface area contributed by atoms with Gasteiger partial charge in [0, 0.05) is 31.4 Å². The number of rotatable bonds is 3. The van der Waals surface area contributed by atoms with Crippen LogP contribution in [0.15, 0.2) is 35.2 Å². The number of nitrogens with one attached hydrogen (secondary N) is 1. The van der Waals surface area contributed by atoms with E-state index in [4.69, 9.17) is 4.52 Å². The Morgan fingerprint density at radius 1 is 1.34 bits per heavy atom. The lowest BCUT2D eigenvalue weighted by molar-refractivity contribution is -0.137. The molecule has 3 aromatic heterocycles. The molecule has 1 fully saturated rings. The van der Waals surface area contributed by atoms with Gasteiger partial charge in [-0.05, 0) is 25.0 Å². The molecule has 152 valence electrons. The molecule has 3 aromatic rings. The highest BCUT2D eigenvalue weighted by Crippen LogP contribution is 2.33. The summed E-state index contributed by atoms with van der Waals surface area (Å²) in [5, 5.41) is 3.86. The quantitative estimate of drug-likeness (QED) is 0.668. The Labute approximate surface area is 161 Å². The molecule has 0 aromatic carbocycles. The number of carbonyl (C=O) groups is 1. The van der Waals surface area contributed by atoms with Crippen LogP contribution < -0.4 is 0 Å². The number of H-pyrrole nitrogens is 1. The van der Waals surface area contributed by atoms with Gasteiger partial charge >= 0.3 is 6.18 Å². The van der Waals surface area contributed by atoms with Gasteiger partial charge in [-0.1, -0.05) is 5.16 Å². The van der Waals surface area contributed by atoms with Crippen LogP contribution in [0.1, 0.15) is 40.5 Å². The van der Waals surface area contributed by atoms with E-state index in [1.807, 2.05) is 0 Å². The second kappa shape index (κ2) is 7.30. The average molecular weight is 409 g/mol. The van der Waals surface area contributed by atoms with Gasteiger partial charge in [0.2, 0.25) is 0 Å². The molecule has 0 bridgehead atoms. The molecular formula is C18H15F4N5O2. The Kier molecular flexibility index (Phi) is 4.81. The van der Waals surface area contributed by atoms with E-state index in [0.29, 0.717) is 19.4 Å². The lowest BCUT2D eigenvalue weighted by atomic mass is 9.96. The van der Waals surface area contributed by atoms with E-state index in [9.17, 15) is 22.4 Å². The molecule has 0 saturated carbocycles. The van der Waals surface area contributed by atoms with E-state index >= 15 is 0 Å². The van der Waals surface area contributed by atoms with Crippen LogP contribution in [-0.4, -0.2) is 44.0 Å². The number of carbonyl (C=O) groups excluding carboxylic acids is 1. The number of alkyl halides is 3. The van der Waals surface area contributed by atoms with Crippen LogP contribution in [0.2, 0.25) is 0 Å². The average Bonchev–Trinajstić information content (AvgIpc) is 3.37. The van der Waals surface area contributed by atoms with Gasteiger partial charge in [-0.3, -0.25) is 9.78 Å². The minimum atomic E-state index is -4.48. The van der Waals surface area contributed by atoms with Gasteiger partial charge in [-0.2, -0.15) is 18.2 Å². The molecule has 1 aliphatic heterocycles. The normalized spacial score (nSPS) is 17.5. The van der Waals surface area contributed by atoms with Crippen molar-refractivity contribution in [2.45, 2.75) is 24.9 Å². The zero-order valence-corrected chi connectivity index (χ0v) is 14.9. The highest BCUT2D eigenvalue weighted by molar-refractivity contribution is 5.94. The summed E-state index contributed by atoms with van der Waals surface area (Å²) in [6.07, 6.45) is -0.0260. The first-order valence-electron chi connectivity index (χ1n) is 8.81. The number of halogens is 4. The minimum Gasteiger partial charge on any atom is -0.357 e. The van der Waals surface area contributed by atoms with Crippen LogP contribution in [0.3, 0.4) is 0 Å². The topological polar surface area (TPSA) is 87.9 Å². The van der Waals surface area contributed by atoms with E-state index in [1.165, 1.54) is 17.2 Å². The Morgan fingerprint density at radius 3 is 2.90 bits per heavy atom. The third-order valence-corrected chi connectivity index (χ3v) is 4.76. The summed E-state index contributed by atoms with van der Waals surface area (Å²) in [5.74, 6) is -1.21. The first-order chi connectivity index (χ1) is 13.8. The van der Waals surface area contributed by atoms with Gasteiger partial charge in [-0.25, -0.2) is 4.39 Å². The Balaban J connectivity index is 1.50. The monoisotopic (exact) mass is 409 g/mol. The van der Waals surface area contributed by atoms with Crippen molar-refractivity contribution in [3.05, 3.63) is 53.5 Å². The summed E-state index contributed by atoms with van der Waals surface area (Å²) < 4.78 is 57.2. The van der Waals surface area contributed by atoms with Gasteiger partial charge in [0.1, 0.15) is 5.69 Å². The van der Waals surface area contributed by atoms with Gasteiger partial charge in [0.25, 0.3) is 11.8 Å². The maximum Gasteiger partial charge on any atom is 0.417 e. The summed E-state index contributed by atoms with van der Waals surface area (Å²) >= 11 is 0. The fourth-order valence-electron chi connectivity index (χ4n) is 3.28. The second-order valence-electron chi connectivity index (χ2n) is 6.70. The molecule has 1 saturated heterocycles. The molecule has 1 N–H and O–H groups in total.